The highest BCUT2D eigenvalue weighted by molar-refractivity contribution is 5.96. The van der Waals surface area contributed by atoms with Crippen molar-refractivity contribution in [3.8, 4) is 22.6 Å². The maximum absolute atomic E-state index is 13.6. The van der Waals surface area contributed by atoms with Crippen LogP contribution in [0.4, 0.5) is 10.1 Å². The topological polar surface area (TPSA) is 76.1 Å². The molecule has 0 bridgehead atoms. The number of piperidine rings is 1. The molecule has 3 heterocycles. The molecule has 2 N–H and O–H groups in total. The van der Waals surface area contributed by atoms with Crippen LogP contribution in [0.5, 0.6) is 11.5 Å². The number of nitrogens with zero attached hydrogens (tertiary/aromatic N) is 1. The monoisotopic (exact) mass is 520 g/mol. The van der Waals surface area contributed by atoms with E-state index in [1.165, 1.54) is 23.1 Å². The SMILES string of the molecule is CCOc1cc(C[NH+]2CCC3(CC2)CC(=O)N(c2c[nH]ccc2=O)C3)cc(OCC)c1-c1ccc(F)cc1. The van der Waals surface area contributed by atoms with Crippen LogP contribution in [-0.4, -0.2) is 43.7 Å². The first-order valence-corrected chi connectivity index (χ1v) is 13.4. The quantitative estimate of drug-likeness (QED) is 0.476. The van der Waals surface area contributed by atoms with Crippen LogP contribution < -0.4 is 24.7 Å². The van der Waals surface area contributed by atoms with Gasteiger partial charge in [-0.3, -0.25) is 9.59 Å². The number of H-pyrrole nitrogens is 1. The van der Waals surface area contributed by atoms with Crippen LogP contribution >= 0.6 is 0 Å². The maximum Gasteiger partial charge on any atom is 0.227 e. The van der Waals surface area contributed by atoms with Crippen molar-refractivity contribution in [2.24, 2.45) is 5.41 Å². The average Bonchev–Trinajstić information content (AvgIpc) is 3.22. The Hall–Kier alpha value is -3.65. The lowest BCUT2D eigenvalue weighted by Gasteiger charge is -2.36. The Morgan fingerprint density at radius 1 is 1.00 bits per heavy atom. The molecular formula is C30H35FN3O4+. The summed E-state index contributed by atoms with van der Waals surface area (Å²) < 4.78 is 25.7. The molecule has 2 saturated heterocycles. The lowest BCUT2D eigenvalue weighted by Crippen LogP contribution is -3.12. The number of amides is 1. The van der Waals surface area contributed by atoms with Crippen LogP contribution in [0.3, 0.4) is 0 Å². The van der Waals surface area contributed by atoms with E-state index in [0.29, 0.717) is 31.9 Å². The molecular weight excluding hydrogens is 485 g/mol. The summed E-state index contributed by atoms with van der Waals surface area (Å²) in [5.41, 5.74) is 3.04. The van der Waals surface area contributed by atoms with Gasteiger partial charge in [0, 0.05) is 55.2 Å². The number of carbonyl (C=O) groups is 1. The fraction of sp³-hybridized carbons (Fsp3) is 0.400. The minimum absolute atomic E-state index is 0.0317. The molecule has 1 aromatic heterocycles. The van der Waals surface area contributed by atoms with Gasteiger partial charge in [0.15, 0.2) is 0 Å². The number of hydrogen-bond acceptors (Lipinski definition) is 4. The van der Waals surface area contributed by atoms with Crippen LogP contribution in [0.2, 0.25) is 0 Å². The Bertz CT molecular complexity index is 1320. The van der Waals surface area contributed by atoms with E-state index in [2.05, 4.69) is 17.1 Å². The van der Waals surface area contributed by atoms with Crippen LogP contribution in [-0.2, 0) is 11.3 Å². The second-order valence-electron chi connectivity index (χ2n) is 10.3. The fourth-order valence-corrected chi connectivity index (χ4v) is 5.85. The Balaban J connectivity index is 1.32. The number of pyridine rings is 1. The number of halogens is 1. The molecule has 1 spiro atoms. The predicted octanol–water partition coefficient (Wildman–Crippen LogP) is 3.58. The predicted molar refractivity (Wildman–Crippen MR) is 144 cm³/mol. The Kier molecular flexibility index (Phi) is 7.51. The van der Waals surface area contributed by atoms with Gasteiger partial charge in [0.2, 0.25) is 11.3 Å². The van der Waals surface area contributed by atoms with Crippen LogP contribution in [0.1, 0.15) is 38.7 Å². The first-order valence-electron chi connectivity index (χ1n) is 13.4. The molecule has 0 atom stereocenters. The van der Waals surface area contributed by atoms with Crippen LogP contribution in [0.15, 0.2) is 59.7 Å². The molecule has 0 saturated carbocycles. The average molecular weight is 521 g/mol. The van der Waals surface area contributed by atoms with E-state index in [1.54, 1.807) is 29.4 Å². The third-order valence-electron chi connectivity index (χ3n) is 7.75. The van der Waals surface area contributed by atoms with Crippen molar-refractivity contribution in [2.75, 3.05) is 37.7 Å². The van der Waals surface area contributed by atoms with Gasteiger partial charge in [-0.2, -0.15) is 0 Å². The van der Waals surface area contributed by atoms with Gasteiger partial charge in [-0.05, 0) is 43.7 Å². The summed E-state index contributed by atoms with van der Waals surface area (Å²) in [7, 11) is 0. The molecule has 0 unspecified atom stereocenters. The van der Waals surface area contributed by atoms with Crippen molar-refractivity contribution in [2.45, 2.75) is 39.7 Å². The van der Waals surface area contributed by atoms with E-state index in [4.69, 9.17) is 9.47 Å². The minimum Gasteiger partial charge on any atom is -0.493 e. The number of rotatable bonds is 8. The van der Waals surface area contributed by atoms with Gasteiger partial charge in [0.05, 0.1) is 31.9 Å². The summed E-state index contributed by atoms with van der Waals surface area (Å²) in [6, 6.07) is 12.0. The smallest absolute Gasteiger partial charge is 0.227 e. The lowest BCUT2D eigenvalue weighted by atomic mass is 9.77. The Labute approximate surface area is 222 Å². The van der Waals surface area contributed by atoms with Crippen LogP contribution in [0, 0.1) is 11.2 Å². The summed E-state index contributed by atoms with van der Waals surface area (Å²) >= 11 is 0. The molecule has 2 aromatic carbocycles. The minimum atomic E-state index is -0.282. The normalized spacial score (nSPS) is 21.2. The summed E-state index contributed by atoms with van der Waals surface area (Å²) in [4.78, 5) is 31.2. The molecule has 2 fully saturated rings. The second kappa shape index (κ2) is 11.0. The number of aromatic nitrogens is 1. The van der Waals surface area contributed by atoms with E-state index in [1.807, 2.05) is 13.8 Å². The number of aromatic amines is 1. The van der Waals surface area contributed by atoms with Crippen molar-refractivity contribution in [1.82, 2.24) is 4.98 Å². The van der Waals surface area contributed by atoms with Crippen LogP contribution in [0.25, 0.3) is 11.1 Å². The first-order chi connectivity index (χ1) is 18.4. The number of anilines is 1. The number of benzene rings is 2. The molecule has 1 amide bonds. The summed E-state index contributed by atoms with van der Waals surface area (Å²) in [5, 5.41) is 0. The molecule has 2 aliphatic heterocycles. The van der Waals surface area contributed by atoms with E-state index in [-0.39, 0.29) is 22.6 Å². The lowest BCUT2D eigenvalue weighted by molar-refractivity contribution is -0.921. The summed E-state index contributed by atoms with van der Waals surface area (Å²) in [6.45, 7) is 8.23. The molecule has 8 heteroatoms. The van der Waals surface area contributed by atoms with Crippen molar-refractivity contribution >= 4 is 11.6 Å². The molecule has 5 rings (SSSR count). The fourth-order valence-electron chi connectivity index (χ4n) is 5.85. The first kappa shape index (κ1) is 26.0. The summed E-state index contributed by atoms with van der Waals surface area (Å²) in [6.07, 6.45) is 5.56. The third-order valence-corrected chi connectivity index (χ3v) is 7.75. The second-order valence-corrected chi connectivity index (χ2v) is 10.3. The molecule has 2 aliphatic rings. The Morgan fingerprint density at radius 2 is 1.66 bits per heavy atom. The number of ether oxygens (including phenoxy) is 2. The third kappa shape index (κ3) is 5.31. The molecule has 0 aliphatic carbocycles. The maximum atomic E-state index is 13.6. The van der Waals surface area contributed by atoms with E-state index in [0.717, 1.165) is 60.7 Å². The largest absolute Gasteiger partial charge is 0.493 e. The molecule has 7 nitrogen and oxygen atoms in total. The van der Waals surface area contributed by atoms with Crippen molar-refractivity contribution < 1.29 is 23.6 Å². The van der Waals surface area contributed by atoms with E-state index < -0.39 is 0 Å². The van der Waals surface area contributed by atoms with Gasteiger partial charge in [-0.25, -0.2) is 4.39 Å². The number of quaternary nitrogens is 1. The zero-order chi connectivity index (χ0) is 26.7. The molecule has 200 valence electrons. The van der Waals surface area contributed by atoms with Gasteiger partial charge in [-0.15, -0.1) is 0 Å². The van der Waals surface area contributed by atoms with Gasteiger partial charge < -0.3 is 24.3 Å². The highest BCUT2D eigenvalue weighted by Crippen LogP contribution is 2.41. The highest BCUT2D eigenvalue weighted by atomic mass is 19.1. The number of likely N-dealkylation sites (tertiary alicyclic amines) is 1. The van der Waals surface area contributed by atoms with Crippen molar-refractivity contribution in [3.63, 3.8) is 0 Å². The van der Waals surface area contributed by atoms with Gasteiger partial charge in [0.1, 0.15) is 29.5 Å². The zero-order valence-corrected chi connectivity index (χ0v) is 22.0. The zero-order valence-electron chi connectivity index (χ0n) is 22.0. The van der Waals surface area contributed by atoms with Gasteiger partial charge in [0.25, 0.3) is 0 Å². The summed E-state index contributed by atoms with van der Waals surface area (Å²) in [5.74, 6) is 1.22. The molecule has 3 aromatic rings. The number of carbonyl (C=O) groups excluding carboxylic acids is 1. The van der Waals surface area contributed by atoms with E-state index in [9.17, 15) is 14.0 Å². The number of nitrogens with one attached hydrogen (secondary N) is 2. The van der Waals surface area contributed by atoms with Gasteiger partial charge >= 0.3 is 0 Å². The van der Waals surface area contributed by atoms with Crippen molar-refractivity contribution in [1.29, 1.82) is 0 Å². The standard InChI is InChI=1S/C30H34FN3O4/c1-3-37-26-15-21(16-27(38-4-2)29(26)22-5-7-23(31)8-6-22)19-33-13-10-30(11-14-33)17-28(36)34(20-30)24-18-32-12-9-25(24)35/h5-9,12,15-16,18H,3-4,10-11,13-14,17,19-20H2,1-2H3,(H,32,35)/p+1. The molecule has 0 radical (unpaired) electrons. The van der Waals surface area contributed by atoms with Crippen molar-refractivity contribution in [3.05, 3.63) is 76.5 Å². The van der Waals surface area contributed by atoms with E-state index >= 15 is 0 Å². The highest BCUT2D eigenvalue weighted by Gasteiger charge is 2.47. The van der Waals surface area contributed by atoms with Gasteiger partial charge in [-0.1, -0.05) is 12.1 Å². The Morgan fingerprint density at radius 3 is 2.26 bits per heavy atom. The molecule has 38 heavy (non-hydrogen) atoms. The number of hydrogen-bond donors (Lipinski definition) is 2.